The molecule has 8 heterocycles. The van der Waals surface area contributed by atoms with Gasteiger partial charge < -0.3 is 18.4 Å². The first kappa shape index (κ1) is 62.1. The molecule has 0 saturated heterocycles. The summed E-state index contributed by atoms with van der Waals surface area (Å²) in [6.07, 6.45) is 0. The molecule has 0 aliphatic heterocycles. The number of hydrogen-bond donors (Lipinski definition) is 1. The summed E-state index contributed by atoms with van der Waals surface area (Å²) >= 11 is 3.47. The van der Waals surface area contributed by atoms with Crippen molar-refractivity contribution in [2.24, 2.45) is 0 Å². The van der Waals surface area contributed by atoms with Crippen molar-refractivity contribution in [1.82, 2.24) is 37.5 Å². The second-order valence-corrected chi connectivity index (χ2v) is 28.8. The Hall–Kier alpha value is -14.3. The molecule has 8 aromatic heterocycles. The van der Waals surface area contributed by atoms with E-state index in [4.69, 9.17) is 18.8 Å². The van der Waals surface area contributed by atoms with E-state index in [9.17, 15) is 0 Å². The van der Waals surface area contributed by atoms with Crippen molar-refractivity contribution in [2.75, 3.05) is 0 Å². The predicted molar refractivity (Wildman–Crippen MR) is 453 cm³/mol. The number of halogens is 1. The zero-order valence-electron chi connectivity index (χ0n) is 58.5. The molecule has 0 spiro atoms. The summed E-state index contributed by atoms with van der Waals surface area (Å²) in [5, 5.41) is 9.57. The number of fused-ring (bicyclic) bond motifs is 22. The van der Waals surface area contributed by atoms with Crippen LogP contribution in [0.2, 0.25) is 0 Å². The van der Waals surface area contributed by atoms with Crippen molar-refractivity contribution in [3.63, 3.8) is 0 Å². The lowest BCUT2D eigenvalue weighted by molar-refractivity contribution is 0.669. The Balaban J connectivity index is 0.000000113. The van der Waals surface area contributed by atoms with E-state index in [2.05, 4.69) is 371 Å². The Morgan fingerprint density at radius 3 is 1.20 bits per heavy atom. The van der Waals surface area contributed by atoms with E-state index >= 15 is 0 Å². The van der Waals surface area contributed by atoms with E-state index in [0.29, 0.717) is 0 Å². The molecule has 16 aromatic carbocycles. The van der Waals surface area contributed by atoms with Gasteiger partial charge in [0, 0.05) is 86.8 Å². The zero-order chi connectivity index (χ0) is 71.8. The van der Waals surface area contributed by atoms with Crippen molar-refractivity contribution >= 4 is 159 Å². The van der Waals surface area contributed by atoms with Crippen LogP contribution in [0.1, 0.15) is 0 Å². The summed E-state index contributed by atoms with van der Waals surface area (Å²) in [4.78, 5) is 13.8. The van der Waals surface area contributed by atoms with Gasteiger partial charge >= 0.3 is 0 Å². The van der Waals surface area contributed by atoms with Gasteiger partial charge in [-0.05, 0) is 179 Å². The van der Waals surface area contributed by atoms with Crippen LogP contribution in [0.25, 0.3) is 205 Å². The summed E-state index contributed by atoms with van der Waals surface area (Å²) in [6.45, 7) is 0. The zero-order valence-corrected chi connectivity index (χ0v) is 60.1. The van der Waals surface area contributed by atoms with Gasteiger partial charge in [0.1, 0.15) is 22.3 Å². The topological polar surface area (TPSA) is 91.5 Å². The molecule has 0 aliphatic carbocycles. The second kappa shape index (κ2) is 25.0. The normalized spacial score (nSPS) is 11.9. The molecule has 0 fully saturated rings. The SMILES string of the molecule is Brc1ccc(-c2cccc3c2oc2ccccc23)cc1.c1ccc(-n2c3ccccc3n3c4cc(-c5ccc6[nH]c7ccccc7c6c5)ccc4nc23)cc1.c1ccc(-n2c3ccccc3n3c4cc(-c5ccc6c(c5)c5ccccc5n6-c5ccc(-c6cccc7c6oc6ccccc67)cc5)ccc4nc23)cc1. The highest BCUT2D eigenvalue weighted by atomic mass is 79.9. The van der Waals surface area contributed by atoms with E-state index in [0.717, 1.165) is 144 Å². The molecule has 512 valence electrons. The fourth-order valence-corrected chi connectivity index (χ4v) is 16.9. The molecule has 0 aliphatic rings. The number of imidazole rings is 4. The maximum Gasteiger partial charge on any atom is 0.220 e. The number of aromatic nitrogens is 8. The van der Waals surface area contributed by atoms with Crippen LogP contribution in [0.15, 0.2) is 377 Å². The first-order valence-electron chi connectivity index (χ1n) is 36.6. The minimum absolute atomic E-state index is 0.911. The molecular weight excluding hydrogens is 1400 g/mol. The van der Waals surface area contributed by atoms with Gasteiger partial charge in [-0.25, -0.2) is 9.97 Å². The van der Waals surface area contributed by atoms with Crippen LogP contribution in [0.5, 0.6) is 0 Å². The Labute approximate surface area is 631 Å². The molecule has 0 unspecified atom stereocenters. The molecule has 11 heteroatoms. The molecule has 0 radical (unpaired) electrons. The molecular formula is C98H61BrN8O2. The highest BCUT2D eigenvalue weighted by Gasteiger charge is 2.22. The number of nitrogens with one attached hydrogen (secondary N) is 1. The van der Waals surface area contributed by atoms with Gasteiger partial charge in [0.2, 0.25) is 11.6 Å². The Morgan fingerprint density at radius 2 is 0.642 bits per heavy atom. The summed E-state index contributed by atoms with van der Waals surface area (Å²) in [6, 6.07) is 128. The van der Waals surface area contributed by atoms with Gasteiger partial charge in [0.25, 0.3) is 0 Å². The first-order chi connectivity index (χ1) is 54.0. The maximum atomic E-state index is 6.37. The van der Waals surface area contributed by atoms with Crippen LogP contribution >= 0.6 is 15.9 Å². The largest absolute Gasteiger partial charge is 0.455 e. The average molecular weight is 1460 g/mol. The van der Waals surface area contributed by atoms with Crippen LogP contribution in [-0.2, 0) is 0 Å². The molecule has 1 N–H and O–H groups in total. The fraction of sp³-hybridized carbons (Fsp3) is 0. The van der Waals surface area contributed by atoms with Crippen molar-refractivity contribution in [2.45, 2.75) is 0 Å². The van der Waals surface area contributed by atoms with Gasteiger partial charge in [-0.2, -0.15) is 0 Å². The lowest BCUT2D eigenvalue weighted by Gasteiger charge is -2.10. The minimum Gasteiger partial charge on any atom is -0.455 e. The lowest BCUT2D eigenvalue weighted by Crippen LogP contribution is -1.94. The van der Waals surface area contributed by atoms with Crippen molar-refractivity contribution < 1.29 is 8.83 Å². The quantitative estimate of drug-likeness (QED) is 0.172. The van der Waals surface area contributed by atoms with Gasteiger partial charge in [-0.3, -0.25) is 17.9 Å². The van der Waals surface area contributed by atoms with E-state index in [1.165, 1.54) is 65.6 Å². The van der Waals surface area contributed by atoms with Crippen molar-refractivity contribution in [3.05, 3.63) is 368 Å². The van der Waals surface area contributed by atoms with Gasteiger partial charge in [0.05, 0.1) is 55.2 Å². The van der Waals surface area contributed by atoms with Crippen LogP contribution in [0.4, 0.5) is 0 Å². The molecule has 10 nitrogen and oxygen atoms in total. The summed E-state index contributed by atoms with van der Waals surface area (Å²) in [5.41, 5.74) is 29.7. The second-order valence-electron chi connectivity index (χ2n) is 27.9. The first-order valence-corrected chi connectivity index (χ1v) is 37.4. The number of rotatable bonds is 7. The summed E-state index contributed by atoms with van der Waals surface area (Å²) in [5.74, 6) is 1.84. The molecule has 0 bridgehead atoms. The number of benzene rings is 16. The Bertz CT molecular complexity index is 7740. The van der Waals surface area contributed by atoms with E-state index < -0.39 is 0 Å². The molecule has 0 saturated carbocycles. The van der Waals surface area contributed by atoms with Crippen LogP contribution in [0.3, 0.4) is 0 Å². The molecule has 0 amide bonds. The van der Waals surface area contributed by atoms with Crippen molar-refractivity contribution in [1.29, 1.82) is 0 Å². The fourth-order valence-electron chi connectivity index (χ4n) is 16.6. The van der Waals surface area contributed by atoms with E-state index in [-0.39, 0.29) is 0 Å². The minimum atomic E-state index is 0.911. The van der Waals surface area contributed by atoms with Crippen molar-refractivity contribution in [3.8, 4) is 61.6 Å². The predicted octanol–water partition coefficient (Wildman–Crippen LogP) is 26.5. The third-order valence-corrected chi connectivity index (χ3v) is 22.2. The van der Waals surface area contributed by atoms with Gasteiger partial charge in [-0.1, -0.05) is 234 Å². The highest BCUT2D eigenvalue weighted by molar-refractivity contribution is 9.10. The van der Waals surface area contributed by atoms with E-state index in [1.54, 1.807) is 0 Å². The van der Waals surface area contributed by atoms with Crippen LogP contribution in [-0.4, -0.2) is 37.5 Å². The number of nitrogens with zero attached hydrogens (tertiary/aromatic N) is 7. The number of furan rings is 2. The Kier molecular flexibility index (Phi) is 14.2. The molecule has 0 atom stereocenters. The monoisotopic (exact) mass is 1460 g/mol. The standard InChI is InChI=1S/C49H30N4O.C31H20N4.C18H11BrO/c1-2-11-34(12-3-1)52-44-18-7-8-19-45(44)53-46-30-33(23-27-41(46)50-49(52)53)32-24-28-43-40(29-32)37-13-4-6-17-42(37)51(43)35-25-21-31(22-26-35)36-15-10-16-39-38-14-5-9-20-47(38)54-48(36)39;1-2-8-22(9-3-1)34-28-12-6-7-13-29(28)35-30-19-21(15-17-27(30)33-31(34)35)20-14-16-26-24(18-20)23-10-4-5-11-25(23)32-26;19-13-10-8-12(9-11-13)14-5-3-6-16-15-4-1-2-7-17(15)20-18(14)16/h1-30H;1-19,32H;1-11H. The number of aromatic amines is 1. The van der Waals surface area contributed by atoms with Crippen LogP contribution < -0.4 is 0 Å². The smallest absolute Gasteiger partial charge is 0.220 e. The number of hydrogen-bond acceptors (Lipinski definition) is 4. The summed E-state index contributed by atoms with van der Waals surface area (Å²) < 4.78 is 25.0. The van der Waals surface area contributed by atoms with E-state index in [1.807, 2.05) is 36.4 Å². The van der Waals surface area contributed by atoms with Crippen LogP contribution in [0, 0.1) is 0 Å². The average Bonchev–Trinajstić information content (AvgIpc) is 1.58. The lowest BCUT2D eigenvalue weighted by atomic mass is 10.0. The highest BCUT2D eigenvalue weighted by Crippen LogP contribution is 2.42. The Morgan fingerprint density at radius 1 is 0.248 bits per heavy atom. The number of para-hydroxylation sites is 12. The maximum absolute atomic E-state index is 6.37. The molecule has 109 heavy (non-hydrogen) atoms. The molecule has 24 aromatic rings. The number of H-pyrrole nitrogens is 1. The third-order valence-electron chi connectivity index (χ3n) is 21.7. The van der Waals surface area contributed by atoms with Gasteiger partial charge in [-0.15, -0.1) is 0 Å². The molecule has 24 rings (SSSR count). The third kappa shape index (κ3) is 10.1. The van der Waals surface area contributed by atoms with Gasteiger partial charge in [0.15, 0.2) is 0 Å². The summed E-state index contributed by atoms with van der Waals surface area (Å²) in [7, 11) is 0.